The van der Waals surface area contributed by atoms with E-state index >= 15 is 0 Å². The average Bonchev–Trinajstić information content (AvgIpc) is 2.39. The Bertz CT molecular complexity index is 587. The highest BCUT2D eigenvalue weighted by Gasteiger charge is 2.49. The molecular formula is C12H12N2O2P2. The van der Waals surface area contributed by atoms with Crippen LogP contribution in [-0.2, 0) is 9.13 Å². The van der Waals surface area contributed by atoms with E-state index in [4.69, 9.17) is 0 Å². The summed E-state index contributed by atoms with van der Waals surface area (Å²) >= 11 is 0. The highest BCUT2D eigenvalue weighted by Crippen LogP contribution is 2.64. The zero-order valence-electron chi connectivity index (χ0n) is 9.48. The minimum absolute atomic E-state index is 0.646. The van der Waals surface area contributed by atoms with Crippen molar-refractivity contribution in [1.29, 1.82) is 0 Å². The standard InChI is InChI=1S/C12H12N2O2P2/c15-17(11-7-3-1-4-8-11)13-18(16,14-17)12-9-5-2-6-10-12/h1-10H,(H2,13,14,15,16). The number of nitrogens with one attached hydrogen (secondary N) is 2. The van der Waals surface area contributed by atoms with Gasteiger partial charge in [-0.05, 0) is 24.3 Å². The van der Waals surface area contributed by atoms with Crippen LogP contribution >= 0.6 is 14.9 Å². The molecular weight excluding hydrogens is 266 g/mol. The number of hydrogen-bond donors (Lipinski definition) is 2. The minimum Gasteiger partial charge on any atom is -0.283 e. The summed E-state index contributed by atoms with van der Waals surface area (Å²) in [6.07, 6.45) is 0. The molecule has 2 N–H and O–H groups in total. The van der Waals surface area contributed by atoms with Gasteiger partial charge in [0.15, 0.2) is 0 Å². The third-order valence-corrected chi connectivity index (χ3v) is 9.36. The van der Waals surface area contributed by atoms with Gasteiger partial charge in [0.1, 0.15) is 0 Å². The predicted molar refractivity (Wildman–Crippen MR) is 73.6 cm³/mol. The zero-order chi connectivity index (χ0) is 12.6. The van der Waals surface area contributed by atoms with Gasteiger partial charge in [-0.3, -0.25) is 9.13 Å². The molecule has 0 aromatic heterocycles. The molecule has 1 heterocycles. The predicted octanol–water partition coefficient (Wildman–Crippen LogP) is 2.22. The van der Waals surface area contributed by atoms with Gasteiger partial charge in [-0.25, -0.2) is 0 Å². The van der Waals surface area contributed by atoms with E-state index in [0.717, 1.165) is 0 Å². The highest BCUT2D eigenvalue weighted by molar-refractivity contribution is 7.96. The molecule has 18 heavy (non-hydrogen) atoms. The molecule has 0 aliphatic carbocycles. The lowest BCUT2D eigenvalue weighted by Crippen LogP contribution is -2.43. The van der Waals surface area contributed by atoms with Crippen LogP contribution in [0.1, 0.15) is 0 Å². The Balaban J connectivity index is 1.89. The maximum Gasteiger partial charge on any atom is 0.254 e. The first kappa shape index (κ1) is 11.9. The van der Waals surface area contributed by atoms with Crippen LogP contribution in [0.3, 0.4) is 0 Å². The van der Waals surface area contributed by atoms with Gasteiger partial charge in [0.25, 0.3) is 14.9 Å². The van der Waals surface area contributed by atoms with Gasteiger partial charge in [0.05, 0.1) is 0 Å². The van der Waals surface area contributed by atoms with Crippen molar-refractivity contribution in [3.63, 3.8) is 0 Å². The van der Waals surface area contributed by atoms with E-state index in [1.807, 2.05) is 36.4 Å². The molecule has 0 bridgehead atoms. The zero-order valence-corrected chi connectivity index (χ0v) is 11.3. The summed E-state index contributed by atoms with van der Waals surface area (Å²) in [5.74, 6) is 0. The van der Waals surface area contributed by atoms with E-state index in [2.05, 4.69) is 9.72 Å². The lowest BCUT2D eigenvalue weighted by molar-refractivity contribution is 0.548. The van der Waals surface area contributed by atoms with Crippen molar-refractivity contribution in [2.75, 3.05) is 0 Å². The monoisotopic (exact) mass is 278 g/mol. The van der Waals surface area contributed by atoms with Gasteiger partial charge in [-0.2, -0.15) is 9.72 Å². The molecule has 2 aromatic rings. The molecule has 0 radical (unpaired) electrons. The van der Waals surface area contributed by atoms with Gasteiger partial charge in [-0.1, -0.05) is 36.4 Å². The second-order valence-corrected chi connectivity index (χ2v) is 9.16. The van der Waals surface area contributed by atoms with Crippen molar-refractivity contribution in [1.82, 2.24) is 9.72 Å². The van der Waals surface area contributed by atoms with Crippen LogP contribution in [0, 0.1) is 0 Å². The molecule has 1 aliphatic rings. The largest absolute Gasteiger partial charge is 0.283 e. The van der Waals surface area contributed by atoms with Gasteiger partial charge in [-0.15, -0.1) is 0 Å². The average molecular weight is 278 g/mol. The quantitative estimate of drug-likeness (QED) is 0.827. The fourth-order valence-electron chi connectivity index (χ4n) is 1.90. The molecule has 0 spiro atoms. The Hall–Kier alpha value is -1.18. The summed E-state index contributed by atoms with van der Waals surface area (Å²) in [5.41, 5.74) is 0. The molecule has 0 atom stereocenters. The summed E-state index contributed by atoms with van der Waals surface area (Å²) in [6, 6.07) is 18.0. The molecule has 0 unspecified atom stereocenters. The lowest BCUT2D eigenvalue weighted by Gasteiger charge is -2.38. The normalized spacial score (nSPS) is 30.7. The first-order valence-corrected chi connectivity index (χ1v) is 8.94. The van der Waals surface area contributed by atoms with Crippen molar-refractivity contribution >= 4 is 25.5 Å². The van der Waals surface area contributed by atoms with Crippen LogP contribution in [0.2, 0.25) is 0 Å². The van der Waals surface area contributed by atoms with E-state index in [1.54, 1.807) is 24.3 Å². The summed E-state index contributed by atoms with van der Waals surface area (Å²) in [6.45, 7) is 0. The maximum atomic E-state index is 12.5. The fraction of sp³-hybridized carbons (Fsp3) is 0. The molecule has 0 amide bonds. The molecule has 3 rings (SSSR count). The first-order chi connectivity index (χ1) is 8.62. The molecule has 1 aliphatic heterocycles. The minimum atomic E-state index is -2.90. The second kappa shape index (κ2) is 4.18. The molecule has 0 saturated carbocycles. The first-order valence-electron chi connectivity index (χ1n) is 5.53. The van der Waals surface area contributed by atoms with Gasteiger partial charge in [0.2, 0.25) is 0 Å². The van der Waals surface area contributed by atoms with Crippen molar-refractivity contribution in [2.45, 2.75) is 0 Å². The van der Waals surface area contributed by atoms with Crippen LogP contribution in [0.5, 0.6) is 0 Å². The molecule has 2 aromatic carbocycles. The Morgan fingerprint density at radius 2 is 0.944 bits per heavy atom. The summed E-state index contributed by atoms with van der Waals surface area (Å²) < 4.78 is 24.9. The Kier molecular flexibility index (Phi) is 2.76. The van der Waals surface area contributed by atoms with Gasteiger partial charge < -0.3 is 0 Å². The number of rotatable bonds is 2. The second-order valence-electron chi connectivity index (χ2n) is 4.09. The number of benzene rings is 2. The maximum absolute atomic E-state index is 12.5. The van der Waals surface area contributed by atoms with Gasteiger partial charge in [0, 0.05) is 10.6 Å². The Morgan fingerprint density at radius 3 is 1.28 bits per heavy atom. The van der Waals surface area contributed by atoms with Crippen LogP contribution in [0.4, 0.5) is 0 Å². The van der Waals surface area contributed by atoms with E-state index < -0.39 is 14.9 Å². The third kappa shape index (κ3) is 1.88. The fourth-order valence-corrected chi connectivity index (χ4v) is 8.11. The molecule has 6 heteroatoms. The van der Waals surface area contributed by atoms with E-state index in [9.17, 15) is 9.13 Å². The Morgan fingerprint density at radius 1 is 0.611 bits per heavy atom. The van der Waals surface area contributed by atoms with E-state index in [0.29, 0.717) is 10.6 Å². The third-order valence-electron chi connectivity index (χ3n) is 2.80. The summed E-state index contributed by atoms with van der Waals surface area (Å²) in [5, 5.41) is 1.29. The lowest BCUT2D eigenvalue weighted by atomic mass is 10.4. The van der Waals surface area contributed by atoms with Crippen LogP contribution in [0.15, 0.2) is 60.7 Å². The van der Waals surface area contributed by atoms with Crippen LogP contribution in [0.25, 0.3) is 0 Å². The SMILES string of the molecule is O=P1(c2ccccc2)NP(=O)(c2ccccc2)N1. The summed E-state index contributed by atoms with van der Waals surface area (Å²) in [4.78, 5) is 5.53. The Labute approximate surface area is 105 Å². The molecule has 1 saturated heterocycles. The van der Waals surface area contributed by atoms with Gasteiger partial charge >= 0.3 is 0 Å². The topological polar surface area (TPSA) is 58.2 Å². The van der Waals surface area contributed by atoms with Crippen molar-refractivity contribution < 1.29 is 9.13 Å². The smallest absolute Gasteiger partial charge is 0.254 e. The van der Waals surface area contributed by atoms with Crippen molar-refractivity contribution in [2.24, 2.45) is 0 Å². The van der Waals surface area contributed by atoms with Crippen molar-refractivity contribution in [3.05, 3.63) is 60.7 Å². The van der Waals surface area contributed by atoms with E-state index in [1.165, 1.54) is 0 Å². The van der Waals surface area contributed by atoms with Crippen LogP contribution in [-0.4, -0.2) is 0 Å². The van der Waals surface area contributed by atoms with Crippen LogP contribution < -0.4 is 20.3 Å². The molecule has 1 fully saturated rings. The molecule has 92 valence electrons. The molecule has 4 nitrogen and oxygen atoms in total. The number of hydrogen-bond acceptors (Lipinski definition) is 2. The van der Waals surface area contributed by atoms with E-state index in [-0.39, 0.29) is 0 Å². The van der Waals surface area contributed by atoms with Crippen molar-refractivity contribution in [3.8, 4) is 0 Å². The highest BCUT2D eigenvalue weighted by atomic mass is 31.3. The summed E-state index contributed by atoms with van der Waals surface area (Å²) in [7, 11) is -5.79.